The Balaban J connectivity index is 1.45. The molecule has 0 atom stereocenters. The van der Waals surface area contributed by atoms with E-state index in [1.165, 1.54) is 36.6 Å². The maximum atomic E-state index is 12.9. The highest BCUT2D eigenvalue weighted by Gasteiger charge is 2.24. The third kappa shape index (κ3) is 3.88. The minimum atomic E-state index is -0.111. The lowest BCUT2D eigenvalue weighted by Gasteiger charge is -2.31. The van der Waals surface area contributed by atoms with Crippen LogP contribution in [-0.2, 0) is 22.6 Å². The van der Waals surface area contributed by atoms with Gasteiger partial charge in [0.05, 0.1) is 0 Å². The van der Waals surface area contributed by atoms with Gasteiger partial charge in [-0.15, -0.1) is 0 Å². The largest absolute Gasteiger partial charge is 0.372 e. The maximum absolute atomic E-state index is 12.9. The predicted octanol–water partition coefficient (Wildman–Crippen LogP) is 3.22. The molecule has 1 fully saturated rings. The Kier molecular flexibility index (Phi) is 5.33. The quantitative estimate of drug-likeness (QED) is 0.822. The van der Waals surface area contributed by atoms with Gasteiger partial charge in [0.25, 0.3) is 0 Å². The average molecular weight is 377 g/mol. The Morgan fingerprint density at radius 3 is 2.29 bits per heavy atom. The molecule has 2 aromatic rings. The molecule has 0 aliphatic carbocycles. The molecule has 1 saturated heterocycles. The minimum Gasteiger partial charge on any atom is -0.372 e. The van der Waals surface area contributed by atoms with E-state index in [2.05, 4.69) is 29.2 Å². The first-order chi connectivity index (χ1) is 13.6. The lowest BCUT2D eigenvalue weighted by molar-refractivity contribution is -0.132. The van der Waals surface area contributed by atoms with E-state index in [1.54, 1.807) is 4.90 Å². The smallest absolute Gasteiger partial charge is 0.242 e. The lowest BCUT2D eigenvalue weighted by atomic mass is 10.00. The van der Waals surface area contributed by atoms with Gasteiger partial charge in [0, 0.05) is 44.5 Å². The van der Waals surface area contributed by atoms with Gasteiger partial charge in [0.1, 0.15) is 6.54 Å². The average Bonchev–Trinajstić information content (AvgIpc) is 3.26. The summed E-state index contributed by atoms with van der Waals surface area (Å²) in [5, 5.41) is 0. The fourth-order valence-corrected chi connectivity index (χ4v) is 4.15. The summed E-state index contributed by atoms with van der Waals surface area (Å²) in [6, 6.07) is 16.3. The Hall–Kier alpha value is -2.82. The van der Waals surface area contributed by atoms with Gasteiger partial charge in [-0.2, -0.15) is 0 Å². The molecular formula is C23H27N3O2. The zero-order chi connectivity index (χ0) is 19.5. The van der Waals surface area contributed by atoms with E-state index in [4.69, 9.17) is 0 Å². The molecule has 5 nitrogen and oxygen atoms in total. The number of hydrogen-bond acceptors (Lipinski definition) is 3. The van der Waals surface area contributed by atoms with Gasteiger partial charge in [0.2, 0.25) is 11.8 Å². The van der Waals surface area contributed by atoms with Crippen molar-refractivity contribution in [1.82, 2.24) is 4.90 Å². The van der Waals surface area contributed by atoms with Crippen LogP contribution in [0.4, 0.5) is 11.4 Å². The van der Waals surface area contributed by atoms with Crippen molar-refractivity contribution >= 4 is 23.2 Å². The highest BCUT2D eigenvalue weighted by molar-refractivity contribution is 5.97. The van der Waals surface area contributed by atoms with Gasteiger partial charge in [-0.25, -0.2) is 0 Å². The van der Waals surface area contributed by atoms with Crippen LogP contribution >= 0.6 is 0 Å². The Morgan fingerprint density at radius 1 is 0.929 bits per heavy atom. The number of hydrogen-bond donors (Lipinski definition) is 0. The Bertz CT molecular complexity index is 856. The molecule has 0 N–H and O–H groups in total. The van der Waals surface area contributed by atoms with Gasteiger partial charge in [-0.3, -0.25) is 9.59 Å². The maximum Gasteiger partial charge on any atom is 0.242 e. The second kappa shape index (κ2) is 8.05. The van der Waals surface area contributed by atoms with Crippen LogP contribution in [0.1, 0.15) is 30.9 Å². The number of rotatable bonds is 4. The van der Waals surface area contributed by atoms with Crippen LogP contribution in [0.3, 0.4) is 0 Å². The molecule has 0 unspecified atom stereocenters. The number of carbonyl (C=O) groups is 2. The fourth-order valence-electron chi connectivity index (χ4n) is 4.15. The molecule has 0 bridgehead atoms. The van der Waals surface area contributed by atoms with E-state index in [0.717, 1.165) is 25.2 Å². The zero-order valence-corrected chi connectivity index (χ0v) is 16.4. The monoisotopic (exact) mass is 377 g/mol. The Labute approximate surface area is 166 Å². The van der Waals surface area contributed by atoms with Crippen molar-refractivity contribution in [2.75, 3.05) is 36.0 Å². The molecule has 2 heterocycles. The summed E-state index contributed by atoms with van der Waals surface area (Å²) in [4.78, 5) is 30.9. The second-order valence-electron chi connectivity index (χ2n) is 7.65. The third-order valence-corrected chi connectivity index (χ3v) is 5.79. The minimum absolute atomic E-state index is 0.00618. The number of nitrogens with zero attached hydrogens (tertiary/aromatic N) is 3. The van der Waals surface area contributed by atoms with Gasteiger partial charge in [-0.05, 0) is 54.7 Å². The van der Waals surface area contributed by atoms with E-state index in [0.29, 0.717) is 13.1 Å². The lowest BCUT2D eigenvalue weighted by Crippen LogP contribution is -2.44. The number of amides is 2. The van der Waals surface area contributed by atoms with Crippen molar-refractivity contribution in [2.45, 2.75) is 32.7 Å². The number of fused-ring (bicyclic) bond motifs is 1. The van der Waals surface area contributed by atoms with Crippen molar-refractivity contribution in [3.05, 3.63) is 59.7 Å². The highest BCUT2D eigenvalue weighted by atomic mass is 16.2. The molecule has 146 valence electrons. The number of anilines is 2. The van der Waals surface area contributed by atoms with E-state index in [-0.39, 0.29) is 18.4 Å². The summed E-state index contributed by atoms with van der Waals surface area (Å²) in [6.07, 6.45) is 3.33. The first-order valence-corrected chi connectivity index (χ1v) is 10.1. The van der Waals surface area contributed by atoms with Crippen LogP contribution in [0.25, 0.3) is 0 Å². The normalized spacial score (nSPS) is 16.0. The van der Waals surface area contributed by atoms with E-state index in [1.807, 2.05) is 29.2 Å². The van der Waals surface area contributed by atoms with Crippen LogP contribution in [0.15, 0.2) is 48.5 Å². The molecule has 0 saturated carbocycles. The van der Waals surface area contributed by atoms with Gasteiger partial charge in [0.15, 0.2) is 0 Å². The van der Waals surface area contributed by atoms with Crippen molar-refractivity contribution in [3.8, 4) is 0 Å². The SMILES string of the molecule is CC(=O)N(CC(=O)N1CCc2ccccc2C1)c1ccc(N2CCCC2)cc1. The van der Waals surface area contributed by atoms with Crippen molar-refractivity contribution < 1.29 is 9.59 Å². The molecule has 2 aromatic carbocycles. The van der Waals surface area contributed by atoms with E-state index in [9.17, 15) is 9.59 Å². The van der Waals surface area contributed by atoms with E-state index < -0.39 is 0 Å². The topological polar surface area (TPSA) is 43.9 Å². The van der Waals surface area contributed by atoms with Crippen LogP contribution in [0, 0.1) is 0 Å². The molecular weight excluding hydrogens is 350 g/mol. The van der Waals surface area contributed by atoms with Crippen LogP contribution in [0.5, 0.6) is 0 Å². The summed E-state index contributed by atoms with van der Waals surface area (Å²) in [5.41, 5.74) is 4.48. The zero-order valence-electron chi connectivity index (χ0n) is 16.4. The van der Waals surface area contributed by atoms with Crippen molar-refractivity contribution in [2.24, 2.45) is 0 Å². The summed E-state index contributed by atoms with van der Waals surface area (Å²) < 4.78 is 0. The summed E-state index contributed by atoms with van der Waals surface area (Å²) in [7, 11) is 0. The molecule has 28 heavy (non-hydrogen) atoms. The van der Waals surface area contributed by atoms with Crippen molar-refractivity contribution in [1.29, 1.82) is 0 Å². The predicted molar refractivity (Wildman–Crippen MR) is 111 cm³/mol. The summed E-state index contributed by atoms with van der Waals surface area (Å²) >= 11 is 0. The summed E-state index contributed by atoms with van der Waals surface area (Å²) in [6.45, 7) is 5.10. The van der Waals surface area contributed by atoms with Gasteiger partial charge in [-0.1, -0.05) is 24.3 Å². The number of benzene rings is 2. The van der Waals surface area contributed by atoms with E-state index >= 15 is 0 Å². The highest BCUT2D eigenvalue weighted by Crippen LogP contribution is 2.25. The second-order valence-corrected chi connectivity index (χ2v) is 7.65. The fraction of sp³-hybridized carbons (Fsp3) is 0.391. The molecule has 0 aromatic heterocycles. The van der Waals surface area contributed by atoms with Crippen LogP contribution < -0.4 is 9.80 Å². The van der Waals surface area contributed by atoms with Crippen LogP contribution in [0.2, 0.25) is 0 Å². The first-order valence-electron chi connectivity index (χ1n) is 10.1. The molecule has 4 rings (SSSR count). The Morgan fingerprint density at radius 2 is 1.61 bits per heavy atom. The standard InChI is InChI=1S/C23H27N3O2/c1-18(27)26(22-10-8-21(9-11-22)24-13-4-5-14-24)17-23(28)25-15-12-19-6-2-3-7-20(19)16-25/h2-3,6-11H,4-5,12-17H2,1H3. The molecule has 2 aliphatic heterocycles. The first kappa shape index (κ1) is 18.5. The molecule has 0 radical (unpaired) electrons. The molecule has 5 heteroatoms. The van der Waals surface area contributed by atoms with Crippen molar-refractivity contribution in [3.63, 3.8) is 0 Å². The molecule has 2 aliphatic rings. The van der Waals surface area contributed by atoms with Gasteiger partial charge < -0.3 is 14.7 Å². The third-order valence-electron chi connectivity index (χ3n) is 5.79. The molecule has 0 spiro atoms. The molecule has 2 amide bonds. The number of carbonyl (C=O) groups excluding carboxylic acids is 2. The summed E-state index contributed by atoms with van der Waals surface area (Å²) in [5.74, 6) is -0.118. The van der Waals surface area contributed by atoms with Gasteiger partial charge >= 0.3 is 0 Å². The van der Waals surface area contributed by atoms with Crippen LogP contribution in [-0.4, -0.2) is 42.9 Å².